The number of aliphatic imine (C=N–C) groups is 1. The first-order valence-corrected chi connectivity index (χ1v) is 10.6. The highest BCUT2D eigenvalue weighted by molar-refractivity contribution is 7.99. The molecule has 0 aromatic heterocycles. The normalized spacial score (nSPS) is 27.3. The van der Waals surface area contributed by atoms with Crippen LogP contribution in [0.2, 0.25) is 0 Å². The van der Waals surface area contributed by atoms with Crippen molar-refractivity contribution >= 4 is 17.7 Å². The number of rotatable bonds is 7. The van der Waals surface area contributed by atoms with Gasteiger partial charge in [-0.25, -0.2) is 0 Å². The molecule has 2 atom stereocenters. The molecule has 0 bridgehead atoms. The molecule has 0 spiro atoms. The van der Waals surface area contributed by atoms with Crippen LogP contribution in [0.25, 0.3) is 0 Å². The zero-order valence-electron chi connectivity index (χ0n) is 15.3. The van der Waals surface area contributed by atoms with E-state index in [4.69, 9.17) is 0 Å². The fraction of sp³-hybridized carbons (Fsp3) is 0.944. The highest BCUT2D eigenvalue weighted by atomic mass is 32.2. The second-order valence-electron chi connectivity index (χ2n) is 6.90. The molecule has 0 aromatic carbocycles. The third-order valence-corrected chi connectivity index (χ3v) is 6.58. The molecular formula is C18H36N4S. The summed E-state index contributed by atoms with van der Waals surface area (Å²) >= 11 is 2.11. The van der Waals surface area contributed by atoms with Crippen molar-refractivity contribution in [3.8, 4) is 0 Å². The Balaban J connectivity index is 1.60. The molecule has 2 aliphatic rings. The fourth-order valence-corrected chi connectivity index (χ4v) is 4.97. The van der Waals surface area contributed by atoms with Crippen molar-refractivity contribution in [3.05, 3.63) is 0 Å². The van der Waals surface area contributed by atoms with E-state index in [1.807, 2.05) is 7.05 Å². The predicted octanol–water partition coefficient (Wildman–Crippen LogP) is 2.95. The van der Waals surface area contributed by atoms with Gasteiger partial charge >= 0.3 is 0 Å². The molecule has 1 saturated heterocycles. The minimum atomic E-state index is 0.609. The van der Waals surface area contributed by atoms with Crippen molar-refractivity contribution in [2.45, 2.75) is 63.7 Å². The molecule has 2 rings (SSSR count). The van der Waals surface area contributed by atoms with Gasteiger partial charge in [0, 0.05) is 24.9 Å². The monoisotopic (exact) mass is 340 g/mol. The second-order valence-corrected chi connectivity index (χ2v) is 8.47. The van der Waals surface area contributed by atoms with E-state index < -0.39 is 0 Å². The molecule has 0 amide bonds. The maximum atomic E-state index is 4.41. The van der Waals surface area contributed by atoms with Crippen LogP contribution in [0.3, 0.4) is 0 Å². The summed E-state index contributed by atoms with van der Waals surface area (Å²) in [6.45, 7) is 9.36. The van der Waals surface area contributed by atoms with Crippen LogP contribution in [0.15, 0.2) is 4.99 Å². The van der Waals surface area contributed by atoms with Crippen LogP contribution in [0, 0.1) is 5.92 Å². The molecule has 5 heteroatoms. The molecular weight excluding hydrogens is 304 g/mol. The average molecular weight is 341 g/mol. The lowest BCUT2D eigenvalue weighted by atomic mass is 9.93. The quantitative estimate of drug-likeness (QED) is 0.552. The lowest BCUT2D eigenvalue weighted by Gasteiger charge is -2.31. The molecule has 0 radical (unpaired) electrons. The van der Waals surface area contributed by atoms with Gasteiger partial charge in [0.25, 0.3) is 0 Å². The lowest BCUT2D eigenvalue weighted by Crippen LogP contribution is -2.43. The van der Waals surface area contributed by atoms with Gasteiger partial charge in [0.15, 0.2) is 5.96 Å². The van der Waals surface area contributed by atoms with Crippen LogP contribution in [-0.2, 0) is 0 Å². The Bertz CT molecular complexity index is 353. The average Bonchev–Trinajstić information content (AvgIpc) is 3.02. The van der Waals surface area contributed by atoms with Crippen LogP contribution in [0.5, 0.6) is 0 Å². The van der Waals surface area contributed by atoms with Crippen LogP contribution >= 0.6 is 11.8 Å². The maximum Gasteiger partial charge on any atom is 0.191 e. The molecule has 2 fully saturated rings. The SMILES string of the molecule is CCSC1CCC(NC(=NC)NCCC2CCN(CC)CC2)C1. The number of likely N-dealkylation sites (tertiary alicyclic amines) is 1. The molecule has 1 saturated carbocycles. The zero-order valence-corrected chi connectivity index (χ0v) is 16.1. The highest BCUT2D eigenvalue weighted by Crippen LogP contribution is 2.29. The molecule has 2 N–H and O–H groups in total. The van der Waals surface area contributed by atoms with Crippen molar-refractivity contribution in [1.82, 2.24) is 15.5 Å². The topological polar surface area (TPSA) is 39.7 Å². The van der Waals surface area contributed by atoms with Gasteiger partial charge in [0.05, 0.1) is 0 Å². The third kappa shape index (κ3) is 6.54. The maximum absolute atomic E-state index is 4.41. The summed E-state index contributed by atoms with van der Waals surface area (Å²) in [6.07, 6.45) is 7.92. The molecule has 1 heterocycles. The molecule has 1 aliphatic carbocycles. The van der Waals surface area contributed by atoms with Gasteiger partial charge < -0.3 is 15.5 Å². The largest absolute Gasteiger partial charge is 0.356 e. The van der Waals surface area contributed by atoms with E-state index in [9.17, 15) is 0 Å². The predicted molar refractivity (Wildman–Crippen MR) is 104 cm³/mol. The van der Waals surface area contributed by atoms with Crippen LogP contribution in [0.4, 0.5) is 0 Å². The third-order valence-electron chi connectivity index (χ3n) is 5.35. The molecule has 1 aliphatic heterocycles. The Morgan fingerprint density at radius 1 is 1.17 bits per heavy atom. The summed E-state index contributed by atoms with van der Waals surface area (Å²) in [4.78, 5) is 6.97. The number of piperidine rings is 1. The summed E-state index contributed by atoms with van der Waals surface area (Å²) in [5, 5.41) is 8.01. The minimum Gasteiger partial charge on any atom is -0.356 e. The summed E-state index contributed by atoms with van der Waals surface area (Å²) < 4.78 is 0. The number of guanidine groups is 1. The van der Waals surface area contributed by atoms with E-state index in [-0.39, 0.29) is 0 Å². The Labute approximate surface area is 147 Å². The van der Waals surface area contributed by atoms with Gasteiger partial charge in [0.2, 0.25) is 0 Å². The van der Waals surface area contributed by atoms with Crippen molar-refractivity contribution in [2.24, 2.45) is 10.9 Å². The number of thioether (sulfide) groups is 1. The first-order valence-electron chi connectivity index (χ1n) is 9.56. The van der Waals surface area contributed by atoms with E-state index in [2.05, 4.69) is 46.1 Å². The van der Waals surface area contributed by atoms with E-state index in [0.29, 0.717) is 6.04 Å². The number of hydrogen-bond acceptors (Lipinski definition) is 3. The Morgan fingerprint density at radius 3 is 2.61 bits per heavy atom. The molecule has 23 heavy (non-hydrogen) atoms. The highest BCUT2D eigenvalue weighted by Gasteiger charge is 2.25. The van der Waals surface area contributed by atoms with Crippen molar-refractivity contribution in [3.63, 3.8) is 0 Å². The standard InChI is InChI=1S/C18H36N4S/c1-4-22-12-9-15(10-13-22)8-11-20-18(19-3)21-16-6-7-17(14-16)23-5-2/h15-17H,4-14H2,1-3H3,(H2,19,20,21). The first-order chi connectivity index (χ1) is 11.2. The van der Waals surface area contributed by atoms with E-state index in [0.717, 1.165) is 23.7 Å². The van der Waals surface area contributed by atoms with Gasteiger partial charge in [-0.3, -0.25) is 4.99 Å². The molecule has 134 valence electrons. The van der Waals surface area contributed by atoms with Gasteiger partial charge in [-0.15, -0.1) is 0 Å². The number of nitrogens with zero attached hydrogens (tertiary/aromatic N) is 2. The summed E-state index contributed by atoms with van der Waals surface area (Å²) in [5.41, 5.74) is 0. The minimum absolute atomic E-state index is 0.609. The molecule has 4 nitrogen and oxygen atoms in total. The van der Waals surface area contributed by atoms with Crippen molar-refractivity contribution in [1.29, 1.82) is 0 Å². The molecule has 0 aromatic rings. The Morgan fingerprint density at radius 2 is 1.96 bits per heavy atom. The summed E-state index contributed by atoms with van der Waals surface area (Å²) in [7, 11) is 1.89. The van der Waals surface area contributed by atoms with Gasteiger partial charge in [-0.2, -0.15) is 11.8 Å². The summed E-state index contributed by atoms with van der Waals surface area (Å²) in [5.74, 6) is 3.13. The van der Waals surface area contributed by atoms with Gasteiger partial charge in [-0.05, 0) is 69.8 Å². The van der Waals surface area contributed by atoms with Crippen molar-refractivity contribution in [2.75, 3.05) is 39.0 Å². The van der Waals surface area contributed by atoms with Gasteiger partial charge in [-0.1, -0.05) is 13.8 Å². The Kier molecular flexibility index (Phi) is 8.59. The van der Waals surface area contributed by atoms with Gasteiger partial charge in [0.1, 0.15) is 0 Å². The van der Waals surface area contributed by atoms with E-state index in [1.165, 1.54) is 63.9 Å². The number of hydrogen-bond donors (Lipinski definition) is 2. The molecule has 2 unspecified atom stereocenters. The summed E-state index contributed by atoms with van der Waals surface area (Å²) in [6, 6.07) is 0.609. The van der Waals surface area contributed by atoms with E-state index in [1.54, 1.807) is 0 Å². The lowest BCUT2D eigenvalue weighted by molar-refractivity contribution is 0.187. The zero-order chi connectivity index (χ0) is 16.5. The first kappa shape index (κ1) is 18.9. The van der Waals surface area contributed by atoms with Crippen LogP contribution in [0.1, 0.15) is 52.4 Å². The fourth-order valence-electron chi connectivity index (χ4n) is 3.83. The number of nitrogens with one attached hydrogen (secondary N) is 2. The van der Waals surface area contributed by atoms with Crippen LogP contribution < -0.4 is 10.6 Å². The van der Waals surface area contributed by atoms with E-state index >= 15 is 0 Å². The second kappa shape index (κ2) is 10.4. The van der Waals surface area contributed by atoms with Crippen molar-refractivity contribution < 1.29 is 0 Å². The van der Waals surface area contributed by atoms with Crippen LogP contribution in [-0.4, -0.2) is 61.1 Å². The smallest absolute Gasteiger partial charge is 0.191 e. The Hall–Kier alpha value is -0.420.